The summed E-state index contributed by atoms with van der Waals surface area (Å²) in [5.74, 6) is -0.318. The summed E-state index contributed by atoms with van der Waals surface area (Å²) in [6.45, 7) is 6.96. The Hall–Kier alpha value is -3.39. The highest BCUT2D eigenvalue weighted by Gasteiger charge is 2.35. The van der Waals surface area contributed by atoms with E-state index in [-0.39, 0.29) is 24.8 Å². The second-order valence-electron chi connectivity index (χ2n) is 9.54. The van der Waals surface area contributed by atoms with Crippen molar-refractivity contribution >= 4 is 38.3 Å². The largest absolute Gasteiger partial charge is 0.354 e. The van der Waals surface area contributed by atoms with Crippen molar-refractivity contribution in [2.24, 2.45) is 0 Å². The Morgan fingerprint density at radius 1 is 1.03 bits per heavy atom. The Morgan fingerprint density at radius 2 is 1.76 bits per heavy atom. The molecule has 1 aliphatic rings. The van der Waals surface area contributed by atoms with Gasteiger partial charge in [0.1, 0.15) is 6.04 Å². The molecule has 3 aromatic carbocycles. The minimum Gasteiger partial charge on any atom is -0.354 e. The van der Waals surface area contributed by atoms with Crippen LogP contribution >= 0.6 is 0 Å². The van der Waals surface area contributed by atoms with Crippen LogP contribution in [0.3, 0.4) is 0 Å². The molecule has 0 aromatic heterocycles. The molecule has 1 atom stereocenters. The zero-order valence-corrected chi connectivity index (χ0v) is 22.6. The number of rotatable bonds is 11. The third-order valence-electron chi connectivity index (χ3n) is 6.80. The molecule has 37 heavy (non-hydrogen) atoms. The first kappa shape index (κ1) is 26.7. The van der Waals surface area contributed by atoms with Crippen molar-refractivity contribution in [2.45, 2.75) is 63.9 Å². The molecule has 0 fully saturated rings. The fourth-order valence-corrected chi connectivity index (χ4v) is 6.76. The van der Waals surface area contributed by atoms with Crippen molar-refractivity contribution in [3.05, 3.63) is 71.8 Å². The maximum Gasteiger partial charge on any atom is 0.265 e. The Bertz CT molecular complexity index is 1400. The van der Waals surface area contributed by atoms with E-state index in [1.807, 2.05) is 69.3 Å². The lowest BCUT2D eigenvalue weighted by molar-refractivity contribution is -0.141. The number of aryl methyl sites for hydroxylation is 1. The maximum atomic E-state index is 13.5. The van der Waals surface area contributed by atoms with Crippen LogP contribution in [0.15, 0.2) is 65.6 Å². The zero-order valence-electron chi connectivity index (χ0n) is 21.7. The molecule has 0 radical (unpaired) electrons. The van der Waals surface area contributed by atoms with E-state index in [0.29, 0.717) is 36.5 Å². The summed E-state index contributed by atoms with van der Waals surface area (Å²) in [6, 6.07) is 18.2. The van der Waals surface area contributed by atoms with E-state index in [1.54, 1.807) is 17.0 Å². The second kappa shape index (κ2) is 11.3. The molecular formula is C29H35N3O4S. The lowest BCUT2D eigenvalue weighted by Gasteiger charge is -2.31. The number of hydrogen-bond acceptors (Lipinski definition) is 4. The van der Waals surface area contributed by atoms with E-state index in [1.165, 1.54) is 4.31 Å². The van der Waals surface area contributed by atoms with Gasteiger partial charge in [-0.2, -0.15) is 0 Å². The van der Waals surface area contributed by atoms with Gasteiger partial charge in [-0.1, -0.05) is 67.9 Å². The monoisotopic (exact) mass is 521 g/mol. The van der Waals surface area contributed by atoms with E-state index in [2.05, 4.69) is 5.32 Å². The van der Waals surface area contributed by atoms with E-state index >= 15 is 0 Å². The molecule has 8 heteroatoms. The summed E-state index contributed by atoms with van der Waals surface area (Å²) in [4.78, 5) is 28.4. The number of carbonyl (C=O) groups is 2. The molecule has 1 aliphatic heterocycles. The molecule has 0 spiro atoms. The summed E-state index contributed by atoms with van der Waals surface area (Å²) in [7, 11) is -3.67. The molecule has 0 unspecified atom stereocenters. The Kier molecular flexibility index (Phi) is 8.17. The number of sulfonamides is 1. The van der Waals surface area contributed by atoms with Crippen LogP contribution in [0.5, 0.6) is 0 Å². The Morgan fingerprint density at radius 3 is 2.46 bits per heavy atom. The SMILES string of the molecule is CCCNC(=O)[C@H](CC)N(Cc1cccc(C)c1)C(=O)CCCN1c2cccc3cccc(c23)S1(=O)=O. The third-order valence-corrected chi connectivity index (χ3v) is 8.66. The zero-order chi connectivity index (χ0) is 26.6. The van der Waals surface area contributed by atoms with Crippen LogP contribution in [0, 0.1) is 6.92 Å². The summed E-state index contributed by atoms with van der Waals surface area (Å²) in [5.41, 5.74) is 2.70. The predicted molar refractivity (Wildman–Crippen MR) is 147 cm³/mol. The molecule has 0 saturated heterocycles. The standard InChI is InChI=1S/C29H35N3O4S/c1-4-17-30-29(34)24(5-2)31(20-22-11-6-10-21(3)19-22)27(33)16-9-18-32-25-14-7-12-23-13-8-15-26(28(23)25)37(32,35)36/h6-8,10-15,19,24H,4-5,9,16-18,20H2,1-3H3,(H,30,34)/t24-/m0/s1. The van der Waals surface area contributed by atoms with Gasteiger partial charge in [-0.05, 0) is 49.3 Å². The van der Waals surface area contributed by atoms with Crippen molar-refractivity contribution in [1.82, 2.24) is 10.2 Å². The van der Waals surface area contributed by atoms with Crippen molar-refractivity contribution in [3.8, 4) is 0 Å². The fourth-order valence-electron chi connectivity index (χ4n) is 5.01. The van der Waals surface area contributed by atoms with Gasteiger partial charge < -0.3 is 10.2 Å². The van der Waals surface area contributed by atoms with E-state index < -0.39 is 16.1 Å². The first-order valence-corrected chi connectivity index (χ1v) is 14.4. The number of nitrogens with one attached hydrogen (secondary N) is 1. The molecule has 0 bridgehead atoms. The van der Waals surface area contributed by atoms with E-state index in [4.69, 9.17) is 0 Å². The third kappa shape index (κ3) is 5.49. The molecule has 7 nitrogen and oxygen atoms in total. The lowest BCUT2D eigenvalue weighted by Crippen LogP contribution is -2.49. The van der Waals surface area contributed by atoms with Gasteiger partial charge in [-0.3, -0.25) is 13.9 Å². The summed E-state index contributed by atoms with van der Waals surface area (Å²) in [5, 5.41) is 4.54. The Balaban J connectivity index is 1.51. The molecular weight excluding hydrogens is 486 g/mol. The highest BCUT2D eigenvalue weighted by Crippen LogP contribution is 2.42. The van der Waals surface area contributed by atoms with Gasteiger partial charge in [0.15, 0.2) is 0 Å². The molecule has 2 amide bonds. The minimum atomic E-state index is -3.67. The van der Waals surface area contributed by atoms with Crippen LogP contribution in [0.2, 0.25) is 0 Å². The fraction of sp³-hybridized carbons (Fsp3) is 0.379. The van der Waals surface area contributed by atoms with Crippen LogP contribution in [0.4, 0.5) is 5.69 Å². The molecule has 4 rings (SSSR count). The average molecular weight is 522 g/mol. The van der Waals surface area contributed by atoms with Gasteiger partial charge in [-0.15, -0.1) is 0 Å². The van der Waals surface area contributed by atoms with Gasteiger partial charge in [0, 0.05) is 31.4 Å². The summed E-state index contributed by atoms with van der Waals surface area (Å²) < 4.78 is 27.9. The smallest absolute Gasteiger partial charge is 0.265 e. The van der Waals surface area contributed by atoms with Crippen LogP contribution < -0.4 is 9.62 Å². The number of benzene rings is 3. The highest BCUT2D eigenvalue weighted by atomic mass is 32.2. The average Bonchev–Trinajstić information content (AvgIpc) is 3.10. The van der Waals surface area contributed by atoms with Crippen molar-refractivity contribution in [3.63, 3.8) is 0 Å². The van der Waals surface area contributed by atoms with E-state index in [9.17, 15) is 18.0 Å². The predicted octanol–water partition coefficient (Wildman–Crippen LogP) is 4.77. The molecule has 196 valence electrons. The number of anilines is 1. The topological polar surface area (TPSA) is 86.8 Å². The molecule has 1 heterocycles. The maximum absolute atomic E-state index is 13.5. The van der Waals surface area contributed by atoms with Crippen LogP contribution in [0.1, 0.15) is 50.7 Å². The van der Waals surface area contributed by atoms with Crippen LogP contribution in [-0.4, -0.2) is 44.3 Å². The van der Waals surface area contributed by atoms with Gasteiger partial charge in [0.25, 0.3) is 10.0 Å². The van der Waals surface area contributed by atoms with Gasteiger partial charge in [-0.25, -0.2) is 8.42 Å². The van der Waals surface area contributed by atoms with Crippen molar-refractivity contribution in [2.75, 3.05) is 17.4 Å². The van der Waals surface area contributed by atoms with Crippen LogP contribution in [0.25, 0.3) is 10.8 Å². The summed E-state index contributed by atoms with van der Waals surface area (Å²) in [6.07, 6.45) is 1.79. The first-order chi connectivity index (χ1) is 17.8. The summed E-state index contributed by atoms with van der Waals surface area (Å²) >= 11 is 0. The second-order valence-corrected chi connectivity index (χ2v) is 11.4. The molecule has 1 N–H and O–H groups in total. The van der Waals surface area contributed by atoms with Crippen molar-refractivity contribution < 1.29 is 18.0 Å². The van der Waals surface area contributed by atoms with Gasteiger partial charge in [0.2, 0.25) is 11.8 Å². The van der Waals surface area contributed by atoms with E-state index in [0.717, 1.165) is 28.3 Å². The quantitative estimate of drug-likeness (QED) is 0.394. The minimum absolute atomic E-state index is 0.141. The Labute approximate surface area is 219 Å². The van der Waals surface area contributed by atoms with Gasteiger partial charge >= 0.3 is 0 Å². The first-order valence-electron chi connectivity index (χ1n) is 12.9. The number of hydrogen-bond donors (Lipinski definition) is 1. The number of carbonyl (C=O) groups excluding carboxylic acids is 2. The molecule has 0 aliphatic carbocycles. The molecule has 3 aromatic rings. The normalized spacial score (nSPS) is 14.5. The van der Waals surface area contributed by atoms with Crippen molar-refractivity contribution in [1.29, 1.82) is 0 Å². The highest BCUT2D eigenvalue weighted by molar-refractivity contribution is 7.93. The number of nitrogens with zero attached hydrogens (tertiary/aromatic N) is 2. The van der Waals surface area contributed by atoms with Crippen LogP contribution in [-0.2, 0) is 26.2 Å². The number of amides is 2. The van der Waals surface area contributed by atoms with Gasteiger partial charge in [0.05, 0.1) is 10.6 Å². The molecule has 0 saturated carbocycles. The lowest BCUT2D eigenvalue weighted by atomic mass is 10.1.